The minimum Gasteiger partial charge on any atom is -0.449 e. The number of hydrogen-bond acceptors (Lipinski definition) is 4. The zero-order valence-corrected chi connectivity index (χ0v) is 8.73. The number of nitrogens with two attached hydrogens (primary N) is 1. The van der Waals surface area contributed by atoms with Crippen molar-refractivity contribution in [2.75, 3.05) is 13.6 Å². The lowest BCUT2D eigenvalue weighted by Crippen LogP contribution is -2.42. The van der Waals surface area contributed by atoms with E-state index in [9.17, 15) is 0 Å². The van der Waals surface area contributed by atoms with Gasteiger partial charge < -0.3 is 10.2 Å². The van der Waals surface area contributed by atoms with Gasteiger partial charge in [0.1, 0.15) is 6.26 Å². The van der Waals surface area contributed by atoms with Crippen LogP contribution in [-0.4, -0.2) is 29.5 Å². The van der Waals surface area contributed by atoms with Crippen molar-refractivity contribution in [1.29, 1.82) is 0 Å². The summed E-state index contributed by atoms with van der Waals surface area (Å²) >= 11 is 0. The number of rotatable bonds is 1. The van der Waals surface area contributed by atoms with Gasteiger partial charge in [-0.25, -0.2) is 4.98 Å². The van der Waals surface area contributed by atoms with Gasteiger partial charge in [-0.2, -0.15) is 0 Å². The summed E-state index contributed by atoms with van der Waals surface area (Å²) in [6, 6.07) is 0.691. The number of likely N-dealkylation sites (N-methyl/N-ethyl adjacent to an activating group) is 1. The molecule has 4 nitrogen and oxygen atoms in total. The Balaban J connectivity index is 2.11. The predicted molar refractivity (Wildman–Crippen MR) is 53.8 cm³/mol. The number of aryl methyl sites for hydroxylation is 1. The second-order valence-electron chi connectivity index (χ2n) is 4.08. The van der Waals surface area contributed by atoms with Crippen LogP contribution in [0.5, 0.6) is 0 Å². The molecule has 1 fully saturated rings. The van der Waals surface area contributed by atoms with Crippen molar-refractivity contribution in [3.63, 3.8) is 0 Å². The molecule has 78 valence electrons. The Morgan fingerprint density at radius 3 is 2.93 bits per heavy atom. The average molecular weight is 195 g/mol. The maximum absolute atomic E-state index is 5.89. The van der Waals surface area contributed by atoms with E-state index in [0.717, 1.165) is 31.0 Å². The van der Waals surface area contributed by atoms with Crippen LogP contribution in [0.4, 0.5) is 0 Å². The Bertz CT molecular complexity index is 310. The van der Waals surface area contributed by atoms with Crippen molar-refractivity contribution < 1.29 is 4.42 Å². The molecule has 2 unspecified atom stereocenters. The summed E-state index contributed by atoms with van der Waals surface area (Å²) in [6.45, 7) is 2.81. The van der Waals surface area contributed by atoms with E-state index in [1.54, 1.807) is 6.26 Å². The largest absolute Gasteiger partial charge is 0.449 e. The summed E-state index contributed by atoms with van der Waals surface area (Å²) in [5.41, 5.74) is 6.92. The van der Waals surface area contributed by atoms with E-state index in [1.807, 2.05) is 6.92 Å². The fourth-order valence-electron chi connectivity index (χ4n) is 2.09. The highest BCUT2D eigenvalue weighted by Gasteiger charge is 2.26. The molecule has 1 aromatic rings. The second kappa shape index (κ2) is 3.71. The van der Waals surface area contributed by atoms with Crippen LogP contribution in [-0.2, 0) is 0 Å². The summed E-state index contributed by atoms with van der Waals surface area (Å²) < 4.78 is 5.22. The third-order valence-corrected chi connectivity index (χ3v) is 2.84. The first kappa shape index (κ1) is 9.68. The normalized spacial score (nSPS) is 29.4. The summed E-state index contributed by atoms with van der Waals surface area (Å²) in [6.07, 6.45) is 3.90. The third kappa shape index (κ3) is 1.81. The van der Waals surface area contributed by atoms with Crippen LogP contribution in [0.2, 0.25) is 0 Å². The van der Waals surface area contributed by atoms with Crippen LogP contribution in [0, 0.1) is 6.92 Å². The number of aromatic nitrogens is 1. The van der Waals surface area contributed by atoms with E-state index < -0.39 is 0 Å². The monoisotopic (exact) mass is 195 g/mol. The van der Waals surface area contributed by atoms with Crippen LogP contribution < -0.4 is 5.73 Å². The fraction of sp³-hybridized carbons (Fsp3) is 0.700. The Labute approximate surface area is 84.1 Å². The molecule has 0 radical (unpaired) electrons. The Hall–Kier alpha value is -0.870. The molecule has 0 bridgehead atoms. The molecular formula is C10H17N3O. The lowest BCUT2D eigenvalue weighted by Gasteiger charge is -2.34. The first-order chi connectivity index (χ1) is 6.66. The lowest BCUT2D eigenvalue weighted by atomic mass is 9.98. The van der Waals surface area contributed by atoms with Gasteiger partial charge in [0.25, 0.3) is 0 Å². The van der Waals surface area contributed by atoms with Gasteiger partial charge in [0.05, 0.1) is 11.7 Å². The molecule has 0 aliphatic carbocycles. The molecule has 1 aliphatic heterocycles. The average Bonchev–Trinajstić information content (AvgIpc) is 2.51. The molecule has 0 aromatic carbocycles. The number of hydrogen-bond donors (Lipinski definition) is 1. The maximum atomic E-state index is 5.89. The highest BCUT2D eigenvalue weighted by atomic mass is 16.3. The van der Waals surface area contributed by atoms with Gasteiger partial charge in [-0.1, -0.05) is 0 Å². The molecule has 14 heavy (non-hydrogen) atoms. The second-order valence-corrected chi connectivity index (χ2v) is 4.08. The van der Waals surface area contributed by atoms with Crippen LogP contribution in [0.25, 0.3) is 0 Å². The number of nitrogens with zero attached hydrogens (tertiary/aromatic N) is 2. The number of likely N-dealkylation sites (tertiary alicyclic amines) is 1. The highest BCUT2D eigenvalue weighted by molar-refractivity contribution is 5.04. The molecule has 4 heteroatoms. The van der Waals surface area contributed by atoms with Crippen molar-refractivity contribution in [2.45, 2.75) is 31.8 Å². The molecule has 1 saturated heterocycles. The van der Waals surface area contributed by atoms with E-state index in [0.29, 0.717) is 12.1 Å². The van der Waals surface area contributed by atoms with Crippen LogP contribution in [0.15, 0.2) is 10.7 Å². The van der Waals surface area contributed by atoms with Gasteiger partial charge in [-0.15, -0.1) is 0 Å². The van der Waals surface area contributed by atoms with E-state index >= 15 is 0 Å². The Kier molecular flexibility index (Phi) is 2.56. The summed E-state index contributed by atoms with van der Waals surface area (Å²) in [4.78, 5) is 6.62. The van der Waals surface area contributed by atoms with Crippen molar-refractivity contribution in [3.05, 3.63) is 17.8 Å². The quantitative estimate of drug-likeness (QED) is 0.728. The van der Waals surface area contributed by atoms with E-state index in [4.69, 9.17) is 10.2 Å². The molecule has 2 atom stereocenters. The standard InChI is InChI=1S/C10H17N3O/c1-7-12-9(6-14-7)10-4-3-8(11)5-13(10)2/h6,8,10H,3-5,11H2,1-2H3. The van der Waals surface area contributed by atoms with Gasteiger partial charge >= 0.3 is 0 Å². The maximum Gasteiger partial charge on any atom is 0.191 e. The molecule has 0 spiro atoms. The van der Waals surface area contributed by atoms with E-state index in [2.05, 4.69) is 16.9 Å². The molecule has 0 amide bonds. The van der Waals surface area contributed by atoms with Crippen LogP contribution in [0.1, 0.15) is 30.5 Å². The third-order valence-electron chi connectivity index (χ3n) is 2.84. The minimum atomic E-state index is 0.309. The predicted octanol–water partition coefficient (Wildman–Crippen LogP) is 1.08. The summed E-state index contributed by atoms with van der Waals surface area (Å²) in [5, 5.41) is 0. The smallest absolute Gasteiger partial charge is 0.191 e. The zero-order chi connectivity index (χ0) is 10.1. The van der Waals surface area contributed by atoms with Crippen molar-refractivity contribution >= 4 is 0 Å². The summed E-state index contributed by atoms with van der Waals surface area (Å²) in [7, 11) is 2.09. The van der Waals surface area contributed by atoms with Crippen molar-refractivity contribution in [2.24, 2.45) is 5.73 Å². The topological polar surface area (TPSA) is 55.3 Å². The Morgan fingerprint density at radius 1 is 1.57 bits per heavy atom. The van der Waals surface area contributed by atoms with Gasteiger partial charge in [-0.05, 0) is 19.9 Å². The van der Waals surface area contributed by atoms with E-state index in [1.165, 1.54) is 0 Å². The molecular weight excluding hydrogens is 178 g/mol. The van der Waals surface area contributed by atoms with Crippen LogP contribution >= 0.6 is 0 Å². The highest BCUT2D eigenvalue weighted by Crippen LogP contribution is 2.28. The van der Waals surface area contributed by atoms with Crippen LogP contribution in [0.3, 0.4) is 0 Å². The lowest BCUT2D eigenvalue weighted by molar-refractivity contribution is 0.166. The molecule has 2 heterocycles. The number of oxazole rings is 1. The van der Waals surface area contributed by atoms with Gasteiger partial charge in [-0.3, -0.25) is 4.90 Å². The molecule has 2 rings (SSSR count). The van der Waals surface area contributed by atoms with Gasteiger partial charge in [0, 0.05) is 19.5 Å². The van der Waals surface area contributed by atoms with E-state index in [-0.39, 0.29) is 0 Å². The SMILES string of the molecule is Cc1nc(C2CCC(N)CN2C)co1. The summed E-state index contributed by atoms with van der Waals surface area (Å²) in [5.74, 6) is 0.739. The number of piperidine rings is 1. The Morgan fingerprint density at radius 2 is 2.36 bits per heavy atom. The minimum absolute atomic E-state index is 0.309. The first-order valence-electron chi connectivity index (χ1n) is 5.04. The van der Waals surface area contributed by atoms with Gasteiger partial charge in [0.15, 0.2) is 5.89 Å². The molecule has 1 aliphatic rings. The first-order valence-corrected chi connectivity index (χ1v) is 5.04. The van der Waals surface area contributed by atoms with Crippen molar-refractivity contribution in [3.8, 4) is 0 Å². The fourth-order valence-corrected chi connectivity index (χ4v) is 2.09. The van der Waals surface area contributed by atoms with Gasteiger partial charge in [0.2, 0.25) is 0 Å². The zero-order valence-electron chi connectivity index (χ0n) is 8.73. The molecule has 0 saturated carbocycles. The van der Waals surface area contributed by atoms with Crippen molar-refractivity contribution in [1.82, 2.24) is 9.88 Å². The molecule has 1 aromatic heterocycles. The molecule has 2 N–H and O–H groups in total.